The van der Waals surface area contributed by atoms with Gasteiger partial charge in [0.15, 0.2) is 0 Å². The van der Waals surface area contributed by atoms with Gasteiger partial charge in [-0.05, 0) is 29.9 Å². The average molecular weight is 190 g/mol. The summed E-state index contributed by atoms with van der Waals surface area (Å²) in [6.45, 7) is 6.62. The predicted octanol–water partition coefficient (Wildman–Crippen LogP) is 2.95. The van der Waals surface area contributed by atoms with Gasteiger partial charge >= 0.3 is 0 Å². The van der Waals surface area contributed by atoms with E-state index in [1.54, 1.807) is 0 Å². The Morgan fingerprint density at radius 2 is 2.00 bits per heavy atom. The fraction of sp³-hybridized carbons (Fsp3) is 0.583. The molecule has 0 atom stereocenters. The van der Waals surface area contributed by atoms with Gasteiger partial charge < -0.3 is 5.32 Å². The van der Waals surface area contributed by atoms with Gasteiger partial charge in [0, 0.05) is 12.2 Å². The summed E-state index contributed by atoms with van der Waals surface area (Å²) in [7, 11) is 0. The SMILES string of the molecule is CC(C)(C)c1ccc(NC2CC2)nc1. The highest BCUT2D eigenvalue weighted by Gasteiger charge is 2.21. The van der Waals surface area contributed by atoms with Crippen molar-refractivity contribution in [1.82, 2.24) is 4.98 Å². The fourth-order valence-electron chi connectivity index (χ4n) is 1.36. The third-order valence-electron chi connectivity index (χ3n) is 2.56. The molecule has 2 heteroatoms. The van der Waals surface area contributed by atoms with Gasteiger partial charge in [-0.15, -0.1) is 0 Å². The van der Waals surface area contributed by atoms with Crippen LogP contribution >= 0.6 is 0 Å². The van der Waals surface area contributed by atoms with Crippen LogP contribution < -0.4 is 5.32 Å². The van der Waals surface area contributed by atoms with Crippen LogP contribution in [0.1, 0.15) is 39.2 Å². The lowest BCUT2D eigenvalue weighted by Crippen LogP contribution is -2.12. The Morgan fingerprint density at radius 1 is 1.29 bits per heavy atom. The number of rotatable bonds is 2. The van der Waals surface area contributed by atoms with Gasteiger partial charge in [0.05, 0.1) is 0 Å². The second-order valence-electron chi connectivity index (χ2n) is 5.10. The molecule has 0 aromatic carbocycles. The number of aromatic nitrogens is 1. The Hall–Kier alpha value is -1.05. The minimum Gasteiger partial charge on any atom is -0.367 e. The summed E-state index contributed by atoms with van der Waals surface area (Å²) in [5, 5.41) is 3.38. The minimum atomic E-state index is 0.200. The summed E-state index contributed by atoms with van der Waals surface area (Å²) in [5.41, 5.74) is 1.49. The van der Waals surface area contributed by atoms with E-state index < -0.39 is 0 Å². The van der Waals surface area contributed by atoms with Crippen LogP contribution in [0.3, 0.4) is 0 Å². The van der Waals surface area contributed by atoms with Crippen molar-refractivity contribution < 1.29 is 0 Å². The monoisotopic (exact) mass is 190 g/mol. The molecule has 2 nitrogen and oxygen atoms in total. The average Bonchev–Trinajstić information content (AvgIpc) is 2.88. The molecule has 2 rings (SSSR count). The first-order valence-corrected chi connectivity index (χ1v) is 5.29. The molecule has 76 valence electrons. The van der Waals surface area contributed by atoms with Crippen LogP contribution in [0.25, 0.3) is 0 Å². The van der Waals surface area contributed by atoms with Crippen LogP contribution in [-0.4, -0.2) is 11.0 Å². The van der Waals surface area contributed by atoms with Crippen LogP contribution in [0.15, 0.2) is 18.3 Å². The molecule has 1 fully saturated rings. The van der Waals surface area contributed by atoms with E-state index in [1.807, 2.05) is 6.20 Å². The largest absolute Gasteiger partial charge is 0.367 e. The maximum Gasteiger partial charge on any atom is 0.126 e. The zero-order chi connectivity index (χ0) is 10.2. The molecule has 1 heterocycles. The van der Waals surface area contributed by atoms with E-state index in [1.165, 1.54) is 18.4 Å². The van der Waals surface area contributed by atoms with E-state index in [9.17, 15) is 0 Å². The zero-order valence-electron chi connectivity index (χ0n) is 9.17. The molecule has 0 unspecified atom stereocenters. The first-order valence-electron chi connectivity index (χ1n) is 5.29. The Kier molecular flexibility index (Phi) is 2.22. The molecule has 0 bridgehead atoms. The number of anilines is 1. The zero-order valence-corrected chi connectivity index (χ0v) is 9.17. The Balaban J connectivity index is 2.08. The summed E-state index contributed by atoms with van der Waals surface area (Å²) < 4.78 is 0. The van der Waals surface area contributed by atoms with Crippen LogP contribution in [0, 0.1) is 0 Å². The summed E-state index contributed by atoms with van der Waals surface area (Å²) in [5.74, 6) is 1.01. The molecule has 0 amide bonds. The third-order valence-corrected chi connectivity index (χ3v) is 2.56. The number of nitrogens with zero attached hydrogens (tertiary/aromatic N) is 1. The molecule has 0 saturated heterocycles. The highest BCUT2D eigenvalue weighted by atomic mass is 15.0. The van der Waals surface area contributed by atoms with Gasteiger partial charge in [-0.3, -0.25) is 0 Å². The van der Waals surface area contributed by atoms with Gasteiger partial charge in [0.25, 0.3) is 0 Å². The quantitative estimate of drug-likeness (QED) is 0.775. The molecule has 1 aromatic heterocycles. The Bertz CT molecular complexity index is 304. The summed E-state index contributed by atoms with van der Waals surface area (Å²) in [6, 6.07) is 4.93. The number of hydrogen-bond donors (Lipinski definition) is 1. The molecule has 1 aromatic rings. The first-order chi connectivity index (χ1) is 6.55. The maximum absolute atomic E-state index is 4.41. The molecular weight excluding hydrogens is 172 g/mol. The van der Waals surface area contributed by atoms with E-state index in [0.29, 0.717) is 6.04 Å². The smallest absolute Gasteiger partial charge is 0.126 e. The third kappa shape index (κ3) is 2.25. The summed E-state index contributed by atoms with van der Waals surface area (Å²) in [6.07, 6.45) is 4.57. The van der Waals surface area contributed by atoms with Crippen molar-refractivity contribution in [3.63, 3.8) is 0 Å². The van der Waals surface area contributed by atoms with E-state index in [4.69, 9.17) is 0 Å². The molecule has 14 heavy (non-hydrogen) atoms. The van der Waals surface area contributed by atoms with E-state index in [2.05, 4.69) is 43.2 Å². The van der Waals surface area contributed by atoms with Crippen molar-refractivity contribution in [2.75, 3.05) is 5.32 Å². The van der Waals surface area contributed by atoms with Gasteiger partial charge in [-0.25, -0.2) is 4.98 Å². The molecule has 1 saturated carbocycles. The molecule has 0 spiro atoms. The van der Waals surface area contributed by atoms with E-state index in [0.717, 1.165) is 5.82 Å². The molecule has 0 aliphatic heterocycles. The maximum atomic E-state index is 4.41. The molecule has 1 N–H and O–H groups in total. The lowest BCUT2D eigenvalue weighted by atomic mass is 9.88. The highest BCUT2D eigenvalue weighted by Crippen LogP contribution is 2.25. The van der Waals surface area contributed by atoms with Gasteiger partial charge in [0.1, 0.15) is 5.82 Å². The molecule has 0 radical (unpaired) electrons. The molecule has 1 aliphatic carbocycles. The van der Waals surface area contributed by atoms with Crippen molar-refractivity contribution in [2.45, 2.75) is 45.1 Å². The second kappa shape index (κ2) is 3.26. The lowest BCUT2D eigenvalue weighted by molar-refractivity contribution is 0.587. The highest BCUT2D eigenvalue weighted by molar-refractivity contribution is 5.39. The Labute approximate surface area is 85.7 Å². The van der Waals surface area contributed by atoms with Crippen molar-refractivity contribution in [1.29, 1.82) is 0 Å². The van der Waals surface area contributed by atoms with Crippen molar-refractivity contribution in [3.8, 4) is 0 Å². The fourth-order valence-corrected chi connectivity index (χ4v) is 1.36. The Morgan fingerprint density at radius 3 is 2.43 bits per heavy atom. The standard InChI is InChI=1S/C12H18N2/c1-12(2,3)9-4-7-11(13-8-9)14-10-5-6-10/h4,7-8,10H,5-6H2,1-3H3,(H,13,14). The van der Waals surface area contributed by atoms with Gasteiger partial charge in [-0.2, -0.15) is 0 Å². The van der Waals surface area contributed by atoms with Crippen molar-refractivity contribution in [3.05, 3.63) is 23.9 Å². The lowest BCUT2D eigenvalue weighted by Gasteiger charge is -2.18. The predicted molar refractivity (Wildman–Crippen MR) is 59.6 cm³/mol. The van der Waals surface area contributed by atoms with Gasteiger partial charge in [0.2, 0.25) is 0 Å². The first kappa shape index (κ1) is 9.50. The van der Waals surface area contributed by atoms with Crippen LogP contribution in [-0.2, 0) is 5.41 Å². The molecule has 1 aliphatic rings. The normalized spacial score (nSPS) is 16.8. The van der Waals surface area contributed by atoms with Crippen molar-refractivity contribution in [2.24, 2.45) is 0 Å². The molecular formula is C12H18N2. The topological polar surface area (TPSA) is 24.9 Å². The van der Waals surface area contributed by atoms with Crippen LogP contribution in [0.4, 0.5) is 5.82 Å². The van der Waals surface area contributed by atoms with Gasteiger partial charge in [-0.1, -0.05) is 26.8 Å². The minimum absolute atomic E-state index is 0.200. The van der Waals surface area contributed by atoms with Crippen LogP contribution in [0.5, 0.6) is 0 Å². The number of nitrogens with one attached hydrogen (secondary N) is 1. The van der Waals surface area contributed by atoms with E-state index >= 15 is 0 Å². The number of hydrogen-bond acceptors (Lipinski definition) is 2. The second-order valence-corrected chi connectivity index (χ2v) is 5.10. The summed E-state index contributed by atoms with van der Waals surface area (Å²) >= 11 is 0. The van der Waals surface area contributed by atoms with Crippen molar-refractivity contribution >= 4 is 5.82 Å². The number of pyridine rings is 1. The van der Waals surface area contributed by atoms with Crippen LogP contribution in [0.2, 0.25) is 0 Å². The van der Waals surface area contributed by atoms with E-state index in [-0.39, 0.29) is 5.41 Å². The summed E-state index contributed by atoms with van der Waals surface area (Å²) in [4.78, 5) is 4.41.